The number of hydrogen-bond acceptors (Lipinski definition) is 4. The molecule has 1 aliphatic rings. The fourth-order valence-corrected chi connectivity index (χ4v) is 3.52. The molecule has 0 atom stereocenters. The number of fused-ring (bicyclic) bond motifs is 3. The summed E-state index contributed by atoms with van der Waals surface area (Å²) in [5.41, 5.74) is 9.66. The summed E-state index contributed by atoms with van der Waals surface area (Å²) in [6.45, 7) is 1.07. The summed E-state index contributed by atoms with van der Waals surface area (Å²) in [6.07, 6.45) is 5.37. The highest BCUT2D eigenvalue weighted by Crippen LogP contribution is 2.29. The van der Waals surface area contributed by atoms with Crippen LogP contribution in [0.15, 0.2) is 36.7 Å². The van der Waals surface area contributed by atoms with Gasteiger partial charge in [-0.05, 0) is 47.7 Å². The molecule has 2 aromatic heterocycles. The average molecular weight is 349 g/mol. The van der Waals surface area contributed by atoms with Gasteiger partial charge in [0.15, 0.2) is 5.69 Å². The molecule has 1 aromatic carbocycles. The quantitative estimate of drug-likeness (QED) is 0.746. The summed E-state index contributed by atoms with van der Waals surface area (Å²) in [5.74, 6) is -0.448. The SMILES string of the molecule is NC(=O)c1n[nH]c2ccc3c(c12)CN(CCc1ccncc1)C(=O)CC3. The van der Waals surface area contributed by atoms with Gasteiger partial charge in [-0.25, -0.2) is 0 Å². The first kappa shape index (κ1) is 16.3. The molecular formula is C19H19N5O2. The zero-order valence-corrected chi connectivity index (χ0v) is 14.2. The van der Waals surface area contributed by atoms with E-state index in [1.165, 1.54) is 0 Å². The first-order valence-electron chi connectivity index (χ1n) is 8.59. The molecule has 26 heavy (non-hydrogen) atoms. The fourth-order valence-electron chi connectivity index (χ4n) is 3.52. The van der Waals surface area contributed by atoms with Crippen LogP contribution < -0.4 is 5.73 Å². The minimum Gasteiger partial charge on any atom is -0.364 e. The molecule has 0 aliphatic carbocycles. The fraction of sp³-hybridized carbons (Fsp3) is 0.263. The number of H-pyrrole nitrogens is 1. The summed E-state index contributed by atoms with van der Waals surface area (Å²) >= 11 is 0. The number of aryl methyl sites for hydroxylation is 1. The monoisotopic (exact) mass is 349 g/mol. The van der Waals surface area contributed by atoms with Crippen molar-refractivity contribution in [1.82, 2.24) is 20.1 Å². The first-order chi connectivity index (χ1) is 12.6. The van der Waals surface area contributed by atoms with Crippen LogP contribution in [0.1, 0.15) is 33.6 Å². The van der Waals surface area contributed by atoms with Crippen LogP contribution in [-0.2, 0) is 24.2 Å². The minimum atomic E-state index is -0.566. The van der Waals surface area contributed by atoms with Crippen LogP contribution in [0.25, 0.3) is 10.9 Å². The zero-order chi connectivity index (χ0) is 18.1. The number of nitrogens with zero attached hydrogens (tertiary/aromatic N) is 3. The van der Waals surface area contributed by atoms with Gasteiger partial charge >= 0.3 is 0 Å². The number of amides is 2. The second-order valence-electron chi connectivity index (χ2n) is 6.48. The van der Waals surface area contributed by atoms with Crippen LogP contribution in [0.4, 0.5) is 0 Å². The topological polar surface area (TPSA) is 105 Å². The highest BCUT2D eigenvalue weighted by Gasteiger charge is 2.25. The number of benzene rings is 1. The van der Waals surface area contributed by atoms with Crippen molar-refractivity contribution in [1.29, 1.82) is 0 Å². The van der Waals surface area contributed by atoms with Crippen LogP contribution in [0.2, 0.25) is 0 Å². The number of carbonyl (C=O) groups excluding carboxylic acids is 2. The lowest BCUT2D eigenvalue weighted by Crippen LogP contribution is -2.31. The van der Waals surface area contributed by atoms with E-state index >= 15 is 0 Å². The predicted octanol–water partition coefficient (Wildman–Crippen LogP) is 1.57. The summed E-state index contributed by atoms with van der Waals surface area (Å²) in [7, 11) is 0. The number of hydrogen-bond donors (Lipinski definition) is 2. The average Bonchev–Trinajstić information content (AvgIpc) is 3.02. The Labute approximate surface area is 150 Å². The Morgan fingerprint density at radius 2 is 2.00 bits per heavy atom. The Morgan fingerprint density at radius 3 is 2.77 bits per heavy atom. The molecule has 3 N–H and O–H groups in total. The van der Waals surface area contributed by atoms with Gasteiger partial charge in [-0.2, -0.15) is 5.10 Å². The van der Waals surface area contributed by atoms with Gasteiger partial charge in [-0.15, -0.1) is 0 Å². The van der Waals surface area contributed by atoms with Gasteiger partial charge in [-0.1, -0.05) is 6.07 Å². The van der Waals surface area contributed by atoms with E-state index in [0.29, 0.717) is 25.9 Å². The maximum Gasteiger partial charge on any atom is 0.269 e. The van der Waals surface area contributed by atoms with Crippen molar-refractivity contribution in [3.05, 3.63) is 59.0 Å². The molecule has 0 bridgehead atoms. The van der Waals surface area contributed by atoms with Crippen molar-refractivity contribution in [2.45, 2.75) is 25.8 Å². The van der Waals surface area contributed by atoms with E-state index in [4.69, 9.17) is 5.73 Å². The lowest BCUT2D eigenvalue weighted by molar-refractivity contribution is -0.131. The number of primary amides is 1. The highest BCUT2D eigenvalue weighted by atomic mass is 16.2. The van der Waals surface area contributed by atoms with Gasteiger partial charge < -0.3 is 10.6 Å². The summed E-state index contributed by atoms with van der Waals surface area (Å²) < 4.78 is 0. The van der Waals surface area contributed by atoms with Crippen LogP contribution in [-0.4, -0.2) is 38.4 Å². The van der Waals surface area contributed by atoms with Crippen molar-refractivity contribution < 1.29 is 9.59 Å². The van der Waals surface area contributed by atoms with Gasteiger partial charge in [0.25, 0.3) is 5.91 Å². The number of aromatic amines is 1. The van der Waals surface area contributed by atoms with Gasteiger partial charge in [0, 0.05) is 37.3 Å². The van der Waals surface area contributed by atoms with Crippen molar-refractivity contribution >= 4 is 22.7 Å². The predicted molar refractivity (Wildman–Crippen MR) is 96.3 cm³/mol. The summed E-state index contributed by atoms with van der Waals surface area (Å²) in [6, 6.07) is 7.80. The van der Waals surface area contributed by atoms with Gasteiger partial charge in [0.05, 0.1) is 5.52 Å². The minimum absolute atomic E-state index is 0.118. The third kappa shape index (κ3) is 2.92. The normalized spacial score (nSPS) is 14.3. The number of pyridine rings is 1. The molecule has 7 heteroatoms. The molecule has 0 saturated carbocycles. The van der Waals surface area contributed by atoms with E-state index < -0.39 is 5.91 Å². The summed E-state index contributed by atoms with van der Waals surface area (Å²) in [4.78, 5) is 30.2. The third-order valence-electron chi connectivity index (χ3n) is 4.90. The molecule has 0 radical (unpaired) electrons. The van der Waals surface area contributed by atoms with E-state index in [0.717, 1.165) is 34.0 Å². The van der Waals surface area contributed by atoms with E-state index in [1.54, 1.807) is 12.4 Å². The highest BCUT2D eigenvalue weighted by molar-refractivity contribution is 6.05. The van der Waals surface area contributed by atoms with Crippen LogP contribution in [0.3, 0.4) is 0 Å². The summed E-state index contributed by atoms with van der Waals surface area (Å²) in [5, 5.41) is 7.66. The van der Waals surface area contributed by atoms with Crippen molar-refractivity contribution in [3.63, 3.8) is 0 Å². The maximum absolute atomic E-state index is 12.6. The molecule has 0 spiro atoms. The lowest BCUT2D eigenvalue weighted by Gasteiger charge is -2.21. The van der Waals surface area contributed by atoms with Crippen molar-refractivity contribution in [2.75, 3.05) is 6.54 Å². The van der Waals surface area contributed by atoms with E-state index in [9.17, 15) is 9.59 Å². The van der Waals surface area contributed by atoms with Crippen molar-refractivity contribution in [3.8, 4) is 0 Å². The largest absolute Gasteiger partial charge is 0.364 e. The number of nitrogens with two attached hydrogens (primary N) is 1. The molecule has 0 saturated heterocycles. The maximum atomic E-state index is 12.6. The first-order valence-corrected chi connectivity index (χ1v) is 8.59. The van der Waals surface area contributed by atoms with Gasteiger partial charge in [0.2, 0.25) is 5.91 Å². The van der Waals surface area contributed by atoms with E-state index in [2.05, 4.69) is 15.2 Å². The second kappa shape index (κ2) is 6.59. The van der Waals surface area contributed by atoms with Crippen molar-refractivity contribution in [2.24, 2.45) is 5.73 Å². The van der Waals surface area contributed by atoms with E-state index in [-0.39, 0.29) is 11.6 Å². The lowest BCUT2D eigenvalue weighted by atomic mass is 9.98. The molecule has 7 nitrogen and oxygen atoms in total. The third-order valence-corrected chi connectivity index (χ3v) is 4.90. The van der Waals surface area contributed by atoms with E-state index in [1.807, 2.05) is 29.2 Å². The Balaban J connectivity index is 1.68. The molecule has 4 rings (SSSR count). The Kier molecular flexibility index (Phi) is 4.12. The second-order valence-corrected chi connectivity index (χ2v) is 6.48. The number of nitrogens with one attached hydrogen (secondary N) is 1. The number of carbonyl (C=O) groups is 2. The Hall–Kier alpha value is -3.22. The van der Waals surface area contributed by atoms with Crippen LogP contribution >= 0.6 is 0 Å². The molecule has 3 aromatic rings. The molecule has 0 fully saturated rings. The molecular weight excluding hydrogens is 330 g/mol. The van der Waals surface area contributed by atoms with Crippen LogP contribution in [0.5, 0.6) is 0 Å². The zero-order valence-electron chi connectivity index (χ0n) is 14.2. The van der Waals surface area contributed by atoms with Gasteiger partial charge in [0.1, 0.15) is 0 Å². The Morgan fingerprint density at radius 1 is 1.19 bits per heavy atom. The number of aromatic nitrogens is 3. The molecule has 0 unspecified atom stereocenters. The van der Waals surface area contributed by atoms with Crippen LogP contribution in [0, 0.1) is 0 Å². The molecule has 132 valence electrons. The smallest absolute Gasteiger partial charge is 0.269 e. The standard InChI is InChI=1S/C19H19N5O2/c20-19(26)18-17-14-11-24(10-7-12-5-8-21-9-6-12)16(25)4-2-13(14)1-3-15(17)22-23-18/h1,3,5-6,8-9H,2,4,7,10-11H2,(H2,20,26)(H,22,23). The molecule has 2 amide bonds. The molecule has 1 aliphatic heterocycles. The molecule has 3 heterocycles. The number of rotatable bonds is 4. The van der Waals surface area contributed by atoms with Gasteiger partial charge in [-0.3, -0.25) is 19.7 Å². The Bertz CT molecular complexity index is 980.